The zero-order valence-corrected chi connectivity index (χ0v) is 14.8. The van der Waals surface area contributed by atoms with Gasteiger partial charge in [0.15, 0.2) is 0 Å². The Hall–Kier alpha value is -2.01. The summed E-state index contributed by atoms with van der Waals surface area (Å²) in [4.78, 5) is 20.0. The number of nitrogens with one attached hydrogen (secondary N) is 1. The predicted octanol–water partition coefficient (Wildman–Crippen LogP) is 3.34. The molecule has 2 aromatic rings. The number of hydrogen-bond acceptors (Lipinski definition) is 4. The summed E-state index contributed by atoms with van der Waals surface area (Å²) < 4.78 is 0. The van der Waals surface area contributed by atoms with Gasteiger partial charge in [-0.2, -0.15) is 0 Å². The van der Waals surface area contributed by atoms with Gasteiger partial charge in [-0.15, -0.1) is 11.8 Å². The molecule has 1 saturated heterocycles. The third-order valence-electron chi connectivity index (χ3n) is 4.52. The summed E-state index contributed by atoms with van der Waals surface area (Å²) in [5.74, 6) is 0.298. The zero-order valence-electron chi connectivity index (χ0n) is 13.9. The fraction of sp³-hybridized carbons (Fsp3) is 0.368. The molecule has 0 unspecified atom stereocenters. The fourth-order valence-corrected chi connectivity index (χ4v) is 3.44. The summed E-state index contributed by atoms with van der Waals surface area (Å²) in [6.45, 7) is 2.45. The highest BCUT2D eigenvalue weighted by Gasteiger charge is 2.24. The first kappa shape index (κ1) is 16.8. The molecule has 1 amide bonds. The van der Waals surface area contributed by atoms with Crippen molar-refractivity contribution in [2.24, 2.45) is 5.92 Å². The number of piperidine rings is 1. The van der Waals surface area contributed by atoms with Crippen LogP contribution >= 0.6 is 11.8 Å². The molecule has 126 valence electrons. The highest BCUT2D eigenvalue weighted by atomic mass is 32.2. The summed E-state index contributed by atoms with van der Waals surface area (Å²) in [6, 6.07) is 12.4. The Morgan fingerprint density at radius 3 is 2.46 bits per heavy atom. The molecule has 4 nitrogen and oxygen atoms in total. The lowest BCUT2D eigenvalue weighted by molar-refractivity contribution is -0.125. The van der Waals surface area contributed by atoms with Crippen LogP contribution in [0.3, 0.4) is 0 Å². The van der Waals surface area contributed by atoms with E-state index in [0.29, 0.717) is 6.54 Å². The van der Waals surface area contributed by atoms with E-state index in [2.05, 4.69) is 45.7 Å². The van der Waals surface area contributed by atoms with Gasteiger partial charge in [0.1, 0.15) is 0 Å². The number of anilines is 1. The van der Waals surface area contributed by atoms with E-state index in [1.165, 1.54) is 10.6 Å². The average molecular weight is 341 g/mol. The van der Waals surface area contributed by atoms with Crippen molar-refractivity contribution < 1.29 is 4.79 Å². The van der Waals surface area contributed by atoms with Crippen LogP contribution in [0, 0.1) is 5.92 Å². The molecule has 3 rings (SSSR count). The Balaban J connectivity index is 1.46. The molecule has 1 aromatic carbocycles. The van der Waals surface area contributed by atoms with Gasteiger partial charge in [-0.3, -0.25) is 9.78 Å². The van der Waals surface area contributed by atoms with Crippen LogP contribution in [0.25, 0.3) is 0 Å². The Bertz CT molecular complexity index is 652. The topological polar surface area (TPSA) is 45.2 Å². The van der Waals surface area contributed by atoms with Crippen LogP contribution in [0.15, 0.2) is 53.7 Å². The lowest BCUT2D eigenvalue weighted by atomic mass is 9.95. The maximum atomic E-state index is 12.4. The molecule has 1 fully saturated rings. The number of carbonyl (C=O) groups is 1. The van der Waals surface area contributed by atoms with Crippen LogP contribution in [0.4, 0.5) is 5.69 Å². The van der Waals surface area contributed by atoms with Crippen LogP contribution in [-0.4, -0.2) is 30.2 Å². The number of aromatic nitrogens is 1. The van der Waals surface area contributed by atoms with Crippen molar-refractivity contribution in [3.63, 3.8) is 0 Å². The molecule has 1 aliphatic rings. The monoisotopic (exact) mass is 341 g/mol. The Morgan fingerprint density at radius 1 is 1.17 bits per heavy atom. The number of carbonyl (C=O) groups excluding carboxylic acids is 1. The quantitative estimate of drug-likeness (QED) is 0.847. The summed E-state index contributed by atoms with van der Waals surface area (Å²) in [5, 5.41) is 3.09. The number of amides is 1. The number of rotatable bonds is 5. The van der Waals surface area contributed by atoms with Crippen LogP contribution in [0.2, 0.25) is 0 Å². The van der Waals surface area contributed by atoms with Gasteiger partial charge < -0.3 is 10.2 Å². The number of hydrogen-bond donors (Lipinski definition) is 1. The smallest absolute Gasteiger partial charge is 0.223 e. The second-order valence-electron chi connectivity index (χ2n) is 6.03. The van der Waals surface area contributed by atoms with E-state index in [9.17, 15) is 4.79 Å². The molecule has 0 atom stereocenters. The van der Waals surface area contributed by atoms with Crippen LogP contribution < -0.4 is 10.2 Å². The zero-order chi connectivity index (χ0) is 16.8. The minimum atomic E-state index is 0.119. The van der Waals surface area contributed by atoms with E-state index in [1.807, 2.05) is 24.5 Å². The number of thioether (sulfide) groups is 1. The highest BCUT2D eigenvalue weighted by Crippen LogP contribution is 2.23. The molecule has 0 saturated carbocycles. The van der Waals surface area contributed by atoms with Gasteiger partial charge in [-0.25, -0.2) is 0 Å². The molecule has 0 radical (unpaired) electrons. The second kappa shape index (κ2) is 8.20. The van der Waals surface area contributed by atoms with Gasteiger partial charge in [0.05, 0.1) is 0 Å². The maximum Gasteiger partial charge on any atom is 0.223 e. The van der Waals surface area contributed by atoms with Gasteiger partial charge in [-0.1, -0.05) is 12.1 Å². The number of pyridine rings is 1. The first-order valence-corrected chi connectivity index (χ1v) is 9.54. The van der Waals surface area contributed by atoms with Crippen molar-refractivity contribution in [1.29, 1.82) is 0 Å². The van der Waals surface area contributed by atoms with E-state index in [4.69, 9.17) is 0 Å². The van der Waals surface area contributed by atoms with E-state index in [1.54, 1.807) is 11.8 Å². The fourth-order valence-electron chi connectivity index (χ4n) is 3.03. The van der Waals surface area contributed by atoms with Gasteiger partial charge in [0.2, 0.25) is 5.91 Å². The summed E-state index contributed by atoms with van der Waals surface area (Å²) in [7, 11) is 0. The SMILES string of the molecule is CSc1ccc(CNC(=O)C2CCN(c3ccncc3)CC2)cc1. The molecule has 0 aliphatic carbocycles. The van der Waals surface area contributed by atoms with E-state index >= 15 is 0 Å². The average Bonchev–Trinajstić information content (AvgIpc) is 2.67. The molecule has 0 bridgehead atoms. The van der Waals surface area contributed by atoms with E-state index in [0.717, 1.165) is 31.5 Å². The normalized spacial score (nSPS) is 15.3. The molecular formula is C19H23N3OS. The molecule has 2 heterocycles. The maximum absolute atomic E-state index is 12.4. The first-order valence-electron chi connectivity index (χ1n) is 8.32. The Labute approximate surface area is 147 Å². The van der Waals surface area contributed by atoms with Crippen molar-refractivity contribution in [1.82, 2.24) is 10.3 Å². The molecule has 5 heteroatoms. The summed E-state index contributed by atoms with van der Waals surface area (Å²) in [6.07, 6.45) is 7.50. The van der Waals surface area contributed by atoms with Crippen molar-refractivity contribution in [3.8, 4) is 0 Å². The number of benzene rings is 1. The third-order valence-corrected chi connectivity index (χ3v) is 5.26. The molecule has 1 aromatic heterocycles. The molecule has 0 spiro atoms. The van der Waals surface area contributed by atoms with Crippen LogP contribution in [-0.2, 0) is 11.3 Å². The molecular weight excluding hydrogens is 318 g/mol. The van der Waals surface area contributed by atoms with E-state index < -0.39 is 0 Å². The standard InChI is InChI=1S/C19H23N3OS/c1-24-18-4-2-15(3-5-18)14-21-19(23)16-8-12-22(13-9-16)17-6-10-20-11-7-17/h2-7,10-11,16H,8-9,12-14H2,1H3,(H,21,23). The van der Waals surface area contributed by atoms with Crippen molar-refractivity contribution in [3.05, 3.63) is 54.4 Å². The molecule has 24 heavy (non-hydrogen) atoms. The highest BCUT2D eigenvalue weighted by molar-refractivity contribution is 7.98. The Morgan fingerprint density at radius 2 is 1.83 bits per heavy atom. The summed E-state index contributed by atoms with van der Waals surface area (Å²) in [5.41, 5.74) is 2.34. The minimum Gasteiger partial charge on any atom is -0.371 e. The summed E-state index contributed by atoms with van der Waals surface area (Å²) >= 11 is 1.73. The minimum absolute atomic E-state index is 0.119. The van der Waals surface area contributed by atoms with E-state index in [-0.39, 0.29) is 11.8 Å². The van der Waals surface area contributed by atoms with Gasteiger partial charge in [-0.05, 0) is 48.9 Å². The van der Waals surface area contributed by atoms with Crippen LogP contribution in [0.1, 0.15) is 18.4 Å². The second-order valence-corrected chi connectivity index (χ2v) is 6.91. The van der Waals surface area contributed by atoms with Gasteiger partial charge in [0, 0.05) is 48.5 Å². The predicted molar refractivity (Wildman–Crippen MR) is 99.2 cm³/mol. The Kier molecular flexibility index (Phi) is 5.75. The molecule has 1 N–H and O–H groups in total. The number of nitrogens with zero attached hydrogens (tertiary/aromatic N) is 2. The lowest BCUT2D eigenvalue weighted by Gasteiger charge is -2.32. The van der Waals surface area contributed by atoms with Gasteiger partial charge in [0.25, 0.3) is 0 Å². The van der Waals surface area contributed by atoms with Crippen molar-refractivity contribution in [2.75, 3.05) is 24.2 Å². The van der Waals surface area contributed by atoms with Gasteiger partial charge >= 0.3 is 0 Å². The largest absolute Gasteiger partial charge is 0.371 e. The lowest BCUT2D eigenvalue weighted by Crippen LogP contribution is -2.40. The van der Waals surface area contributed by atoms with Crippen LogP contribution in [0.5, 0.6) is 0 Å². The van der Waals surface area contributed by atoms with Crippen molar-refractivity contribution >= 4 is 23.4 Å². The first-order chi connectivity index (χ1) is 11.8. The van der Waals surface area contributed by atoms with Crippen molar-refractivity contribution in [2.45, 2.75) is 24.3 Å². The molecule has 1 aliphatic heterocycles. The third kappa shape index (κ3) is 4.29.